The molecular formula is C17H17BO. The Balaban J connectivity index is 2.23. The number of hydrogen-bond donors (Lipinski definition) is 0. The first-order chi connectivity index (χ1) is 9.38. The molecule has 0 aromatic heterocycles. The summed E-state index contributed by atoms with van der Waals surface area (Å²) in [5.41, 5.74) is 3.58. The summed E-state index contributed by atoms with van der Waals surface area (Å²) in [6, 6.07) is 21.3. The molecule has 2 aromatic carbocycles. The van der Waals surface area contributed by atoms with E-state index in [9.17, 15) is 0 Å². The second-order valence-corrected chi connectivity index (χ2v) is 4.89. The van der Waals surface area contributed by atoms with Crippen molar-refractivity contribution in [2.75, 3.05) is 6.61 Å². The van der Waals surface area contributed by atoms with Gasteiger partial charge in [0.25, 0.3) is 0 Å². The number of ether oxygens (including phenoxy) is 1. The van der Waals surface area contributed by atoms with Crippen LogP contribution in [0.3, 0.4) is 0 Å². The maximum absolute atomic E-state index is 5.89. The van der Waals surface area contributed by atoms with E-state index in [1.54, 1.807) is 0 Å². The second-order valence-electron chi connectivity index (χ2n) is 4.89. The minimum atomic E-state index is -0.114. The Labute approximate surface area is 115 Å². The average molecular weight is 248 g/mol. The topological polar surface area (TPSA) is 9.23 Å². The van der Waals surface area contributed by atoms with Gasteiger partial charge in [0.1, 0.15) is 0 Å². The Morgan fingerprint density at radius 1 is 0.895 bits per heavy atom. The van der Waals surface area contributed by atoms with Crippen LogP contribution in [0.25, 0.3) is 0 Å². The Bertz CT molecular complexity index is 535. The van der Waals surface area contributed by atoms with Gasteiger partial charge in [0.05, 0.1) is 0 Å². The van der Waals surface area contributed by atoms with Gasteiger partial charge in [-0.2, -0.15) is 0 Å². The fraction of sp³-hybridized carbons (Fsp3) is 0.235. The molecule has 1 aliphatic rings. The molecule has 1 heterocycles. The Kier molecular flexibility index (Phi) is 3.24. The predicted molar refractivity (Wildman–Crippen MR) is 80.9 cm³/mol. The third kappa shape index (κ3) is 1.92. The molecule has 0 bridgehead atoms. The van der Waals surface area contributed by atoms with E-state index in [4.69, 9.17) is 4.74 Å². The van der Waals surface area contributed by atoms with Crippen LogP contribution in [-0.2, 0) is 10.2 Å². The molecule has 1 nitrogen and oxygen atoms in total. The Morgan fingerprint density at radius 2 is 1.42 bits per heavy atom. The van der Waals surface area contributed by atoms with Gasteiger partial charge in [-0.1, -0.05) is 0 Å². The molecule has 0 unspecified atom stereocenters. The fourth-order valence-corrected chi connectivity index (χ4v) is 3.08. The van der Waals surface area contributed by atoms with Crippen molar-refractivity contribution in [3.05, 3.63) is 71.8 Å². The summed E-state index contributed by atoms with van der Waals surface area (Å²) in [5, 5.41) is 0. The van der Waals surface area contributed by atoms with E-state index in [1.165, 1.54) is 11.1 Å². The molecule has 1 fully saturated rings. The molecule has 0 radical (unpaired) electrons. The number of hydrogen-bond acceptors (Lipinski definition) is 1. The van der Waals surface area contributed by atoms with Crippen LogP contribution in [0.5, 0.6) is 0 Å². The standard InChI is InChI=1S/C17H17BO/c1-18-16-17(12-13-19-16,14-8-4-2-5-9-14)15-10-6-3-7-11-15/h2-11H,12-13H2,1H3. The molecule has 94 valence electrons. The Hall–Kier alpha value is -1.83. The van der Waals surface area contributed by atoms with Crippen molar-refractivity contribution < 1.29 is 4.74 Å². The van der Waals surface area contributed by atoms with E-state index < -0.39 is 0 Å². The van der Waals surface area contributed by atoms with E-state index >= 15 is 0 Å². The number of benzene rings is 2. The molecule has 19 heavy (non-hydrogen) atoms. The average Bonchev–Trinajstić information content (AvgIpc) is 2.94. The minimum absolute atomic E-state index is 0.114. The summed E-state index contributed by atoms with van der Waals surface area (Å²) in [5.74, 6) is 0. The molecule has 0 spiro atoms. The monoisotopic (exact) mass is 248 g/mol. The summed E-state index contributed by atoms with van der Waals surface area (Å²) in [7, 11) is 0. The molecule has 2 aromatic rings. The molecule has 3 rings (SSSR count). The van der Waals surface area contributed by atoms with Gasteiger partial charge in [-0.15, -0.1) is 0 Å². The molecular weight excluding hydrogens is 231 g/mol. The zero-order chi connectivity index (χ0) is 13.1. The first kappa shape index (κ1) is 12.2. The first-order valence-corrected chi connectivity index (χ1v) is 6.78. The fourth-order valence-electron chi connectivity index (χ4n) is 3.08. The summed E-state index contributed by atoms with van der Waals surface area (Å²) in [6.07, 6.45) is 1.00. The van der Waals surface area contributed by atoms with Crippen LogP contribution in [0.4, 0.5) is 0 Å². The van der Waals surface area contributed by atoms with E-state index in [-0.39, 0.29) is 5.41 Å². The van der Waals surface area contributed by atoms with Crippen molar-refractivity contribution in [3.63, 3.8) is 0 Å². The summed E-state index contributed by atoms with van der Waals surface area (Å²) in [6.45, 7) is 4.94. The summed E-state index contributed by atoms with van der Waals surface area (Å²) >= 11 is 0. The molecule has 0 saturated carbocycles. The van der Waals surface area contributed by atoms with Gasteiger partial charge in [-0.25, -0.2) is 0 Å². The molecule has 0 aliphatic carbocycles. The summed E-state index contributed by atoms with van der Waals surface area (Å²) in [4.78, 5) is 0. The third-order valence-corrected chi connectivity index (χ3v) is 3.95. The van der Waals surface area contributed by atoms with Gasteiger partial charge in [-0.05, 0) is 0 Å². The van der Waals surface area contributed by atoms with Gasteiger partial charge in [0.2, 0.25) is 0 Å². The zero-order valence-corrected chi connectivity index (χ0v) is 11.2. The van der Waals surface area contributed by atoms with E-state index in [0.717, 1.165) is 18.7 Å². The van der Waals surface area contributed by atoms with Crippen molar-refractivity contribution in [1.82, 2.24) is 0 Å². The van der Waals surface area contributed by atoms with Crippen LogP contribution in [0.1, 0.15) is 17.5 Å². The van der Waals surface area contributed by atoms with Gasteiger partial charge in [0, 0.05) is 0 Å². The SMILES string of the molecule is C/B=C1/OCCC1(c1ccccc1)c1ccccc1. The van der Waals surface area contributed by atoms with E-state index in [1.807, 2.05) is 0 Å². The second kappa shape index (κ2) is 5.04. The molecule has 0 amide bonds. The van der Waals surface area contributed by atoms with Crippen molar-refractivity contribution in [3.8, 4) is 0 Å². The van der Waals surface area contributed by atoms with Crippen LogP contribution in [0, 0.1) is 0 Å². The van der Waals surface area contributed by atoms with Crippen molar-refractivity contribution in [1.29, 1.82) is 0 Å². The molecule has 1 aliphatic heterocycles. The van der Waals surface area contributed by atoms with E-state index in [2.05, 4.69) is 74.4 Å². The molecule has 1 saturated heterocycles. The van der Waals surface area contributed by atoms with Crippen molar-refractivity contribution >= 4 is 12.6 Å². The normalized spacial score (nSPS) is 18.9. The predicted octanol–water partition coefficient (Wildman–Crippen LogP) is 3.28. The van der Waals surface area contributed by atoms with Gasteiger partial charge >= 0.3 is 114 Å². The third-order valence-electron chi connectivity index (χ3n) is 3.95. The number of rotatable bonds is 2. The van der Waals surface area contributed by atoms with Gasteiger partial charge in [-0.3, -0.25) is 0 Å². The van der Waals surface area contributed by atoms with Crippen molar-refractivity contribution in [2.45, 2.75) is 18.7 Å². The van der Waals surface area contributed by atoms with Crippen LogP contribution >= 0.6 is 0 Å². The van der Waals surface area contributed by atoms with Crippen molar-refractivity contribution in [2.24, 2.45) is 0 Å². The van der Waals surface area contributed by atoms with Crippen LogP contribution in [-0.4, -0.2) is 19.2 Å². The summed E-state index contributed by atoms with van der Waals surface area (Å²) < 4.78 is 5.89. The van der Waals surface area contributed by atoms with E-state index in [0.29, 0.717) is 0 Å². The molecule has 0 atom stereocenters. The van der Waals surface area contributed by atoms with Crippen LogP contribution < -0.4 is 0 Å². The Morgan fingerprint density at radius 3 is 1.89 bits per heavy atom. The molecule has 2 heteroatoms. The van der Waals surface area contributed by atoms with Gasteiger partial charge < -0.3 is 0 Å². The quantitative estimate of drug-likeness (QED) is 0.741. The van der Waals surface area contributed by atoms with Crippen LogP contribution in [0.15, 0.2) is 60.7 Å². The van der Waals surface area contributed by atoms with Gasteiger partial charge in [0.15, 0.2) is 0 Å². The first-order valence-electron chi connectivity index (χ1n) is 6.78. The molecule has 0 N–H and O–H groups in total. The zero-order valence-electron chi connectivity index (χ0n) is 11.2. The van der Waals surface area contributed by atoms with Crippen LogP contribution in [0.2, 0.25) is 6.82 Å². The maximum atomic E-state index is 5.89.